The van der Waals surface area contributed by atoms with Crippen molar-refractivity contribution in [3.05, 3.63) is 36.2 Å². The van der Waals surface area contributed by atoms with Crippen LogP contribution in [0.2, 0.25) is 0 Å². The fourth-order valence-electron chi connectivity index (χ4n) is 0.873. The lowest BCUT2D eigenvalue weighted by molar-refractivity contribution is 0.471. The molecule has 0 aliphatic rings. The number of phenolic OH excluding ortho intramolecular Hbond substituents is 1. The highest BCUT2D eigenvalue weighted by atomic mass is 16.3. The van der Waals surface area contributed by atoms with Crippen molar-refractivity contribution in [1.29, 1.82) is 0 Å². The molecule has 0 heterocycles. The van der Waals surface area contributed by atoms with Crippen LogP contribution in [-0.2, 0) is 6.42 Å². The molecule has 1 nitrogen and oxygen atoms in total. The van der Waals surface area contributed by atoms with E-state index < -0.39 is 0 Å². The first kappa shape index (κ1) is 7.13. The Labute approximate surface area is 61.3 Å². The fraction of sp³-hybridized carbons (Fsp3) is 0.222. The van der Waals surface area contributed by atoms with E-state index in [1.54, 1.807) is 6.07 Å². The average Bonchev–Trinajstić information content (AvgIpc) is 1.95. The molecule has 0 amide bonds. The van der Waals surface area contributed by atoms with Gasteiger partial charge in [-0.05, 0) is 37.5 Å². The third kappa shape index (κ3) is 1.29. The number of phenols is 1. The van der Waals surface area contributed by atoms with Crippen molar-refractivity contribution in [3.8, 4) is 5.75 Å². The van der Waals surface area contributed by atoms with E-state index in [0.29, 0.717) is 5.75 Å². The summed E-state index contributed by atoms with van der Waals surface area (Å²) in [5.74, 6) is 0.359. The zero-order chi connectivity index (χ0) is 7.56. The van der Waals surface area contributed by atoms with Crippen molar-refractivity contribution in [2.45, 2.75) is 13.3 Å². The van der Waals surface area contributed by atoms with Crippen LogP contribution in [0.4, 0.5) is 0 Å². The van der Waals surface area contributed by atoms with Gasteiger partial charge in [0.05, 0.1) is 0 Å². The molecular formula is C9H11O. The maximum absolute atomic E-state index is 9.12. The maximum Gasteiger partial charge on any atom is 0.118 e. The van der Waals surface area contributed by atoms with Gasteiger partial charge in [-0.15, -0.1) is 0 Å². The van der Waals surface area contributed by atoms with Crippen molar-refractivity contribution >= 4 is 0 Å². The van der Waals surface area contributed by atoms with E-state index in [9.17, 15) is 0 Å². The summed E-state index contributed by atoms with van der Waals surface area (Å²) >= 11 is 0. The topological polar surface area (TPSA) is 20.2 Å². The highest BCUT2D eigenvalue weighted by Gasteiger charge is 1.94. The van der Waals surface area contributed by atoms with Gasteiger partial charge in [0.15, 0.2) is 0 Å². The van der Waals surface area contributed by atoms with Crippen molar-refractivity contribution in [1.82, 2.24) is 0 Å². The Hall–Kier alpha value is -0.980. The minimum absolute atomic E-state index is 0.359. The number of benzene rings is 1. The van der Waals surface area contributed by atoms with Crippen LogP contribution in [0.3, 0.4) is 0 Å². The van der Waals surface area contributed by atoms with Gasteiger partial charge >= 0.3 is 0 Å². The number of hydrogen-bond donors (Lipinski definition) is 1. The van der Waals surface area contributed by atoms with Gasteiger partial charge in [0, 0.05) is 0 Å². The van der Waals surface area contributed by atoms with Gasteiger partial charge < -0.3 is 5.11 Å². The number of aromatic hydroxyl groups is 1. The van der Waals surface area contributed by atoms with Gasteiger partial charge in [0.25, 0.3) is 0 Å². The first-order valence-corrected chi connectivity index (χ1v) is 3.32. The van der Waals surface area contributed by atoms with Gasteiger partial charge in [0.2, 0.25) is 0 Å². The summed E-state index contributed by atoms with van der Waals surface area (Å²) in [5.41, 5.74) is 2.08. The predicted molar refractivity (Wildman–Crippen MR) is 41.9 cm³/mol. The van der Waals surface area contributed by atoms with Gasteiger partial charge in [0.1, 0.15) is 5.75 Å². The van der Waals surface area contributed by atoms with Crippen molar-refractivity contribution in [2.75, 3.05) is 0 Å². The molecule has 1 rings (SSSR count). The molecule has 1 radical (unpaired) electrons. The average molecular weight is 135 g/mol. The molecule has 0 spiro atoms. The van der Waals surface area contributed by atoms with E-state index in [0.717, 1.165) is 17.5 Å². The van der Waals surface area contributed by atoms with Crippen molar-refractivity contribution < 1.29 is 5.11 Å². The summed E-state index contributed by atoms with van der Waals surface area (Å²) < 4.78 is 0. The third-order valence-corrected chi connectivity index (χ3v) is 1.55. The Morgan fingerprint density at radius 3 is 2.70 bits per heavy atom. The van der Waals surface area contributed by atoms with Crippen LogP contribution in [0.1, 0.15) is 11.1 Å². The summed E-state index contributed by atoms with van der Waals surface area (Å²) in [5, 5.41) is 9.12. The summed E-state index contributed by atoms with van der Waals surface area (Å²) in [6.45, 7) is 5.63. The second-order valence-electron chi connectivity index (χ2n) is 2.37. The minimum Gasteiger partial charge on any atom is -0.508 e. The molecule has 0 saturated heterocycles. The highest BCUT2D eigenvalue weighted by Crippen LogP contribution is 2.16. The summed E-state index contributed by atoms with van der Waals surface area (Å²) in [4.78, 5) is 0. The van der Waals surface area contributed by atoms with Gasteiger partial charge in [-0.2, -0.15) is 0 Å². The van der Waals surface area contributed by atoms with E-state index in [2.05, 4.69) is 6.92 Å². The van der Waals surface area contributed by atoms with E-state index in [-0.39, 0.29) is 0 Å². The molecule has 0 saturated carbocycles. The Balaban J connectivity index is 3.04. The molecular weight excluding hydrogens is 124 g/mol. The first-order valence-electron chi connectivity index (χ1n) is 3.32. The van der Waals surface area contributed by atoms with Crippen LogP contribution >= 0.6 is 0 Å². The van der Waals surface area contributed by atoms with Crippen LogP contribution in [0.25, 0.3) is 0 Å². The summed E-state index contributed by atoms with van der Waals surface area (Å²) in [7, 11) is 0. The summed E-state index contributed by atoms with van der Waals surface area (Å²) in [6.07, 6.45) is 0.779. The molecule has 10 heavy (non-hydrogen) atoms. The van der Waals surface area contributed by atoms with Crippen molar-refractivity contribution in [3.63, 3.8) is 0 Å². The Morgan fingerprint density at radius 2 is 2.20 bits per heavy atom. The zero-order valence-corrected chi connectivity index (χ0v) is 6.09. The number of hydrogen-bond acceptors (Lipinski definition) is 1. The molecule has 0 unspecified atom stereocenters. The first-order chi connectivity index (χ1) is 4.74. The number of rotatable bonds is 1. The normalized spacial score (nSPS) is 9.80. The van der Waals surface area contributed by atoms with Crippen molar-refractivity contribution in [2.24, 2.45) is 0 Å². The molecule has 0 bridgehead atoms. The Morgan fingerprint density at radius 1 is 1.50 bits per heavy atom. The van der Waals surface area contributed by atoms with Crippen LogP contribution in [0.15, 0.2) is 18.2 Å². The second kappa shape index (κ2) is 2.74. The van der Waals surface area contributed by atoms with Crippen LogP contribution < -0.4 is 0 Å². The molecule has 1 N–H and O–H groups in total. The SMILES string of the molecule is [CH2]Cc1ccc(O)c(C)c1. The van der Waals surface area contributed by atoms with E-state index in [1.807, 2.05) is 19.1 Å². The molecule has 0 aromatic heterocycles. The monoisotopic (exact) mass is 135 g/mol. The lowest BCUT2D eigenvalue weighted by atomic mass is 10.1. The Bertz CT molecular complexity index is 228. The van der Waals surface area contributed by atoms with E-state index in [4.69, 9.17) is 5.11 Å². The molecule has 1 aromatic rings. The highest BCUT2D eigenvalue weighted by molar-refractivity contribution is 5.35. The smallest absolute Gasteiger partial charge is 0.118 e. The maximum atomic E-state index is 9.12. The standard InChI is InChI=1S/C9H11O/c1-3-8-4-5-9(10)7(2)6-8/h4-6,10H,1,3H2,2H3. The van der Waals surface area contributed by atoms with E-state index in [1.165, 1.54) is 0 Å². The molecule has 1 heteroatoms. The van der Waals surface area contributed by atoms with Crippen LogP contribution in [0.5, 0.6) is 5.75 Å². The lowest BCUT2D eigenvalue weighted by Gasteiger charge is -1.99. The molecule has 1 aromatic carbocycles. The van der Waals surface area contributed by atoms with Gasteiger partial charge in [-0.1, -0.05) is 12.1 Å². The molecule has 53 valence electrons. The molecule has 0 fully saturated rings. The minimum atomic E-state index is 0.359. The Kier molecular flexibility index (Phi) is 1.95. The molecule has 0 atom stereocenters. The third-order valence-electron chi connectivity index (χ3n) is 1.55. The lowest BCUT2D eigenvalue weighted by Crippen LogP contribution is -1.81. The van der Waals surface area contributed by atoms with Gasteiger partial charge in [-0.25, -0.2) is 0 Å². The fourth-order valence-corrected chi connectivity index (χ4v) is 0.873. The molecule has 0 aliphatic carbocycles. The second-order valence-corrected chi connectivity index (χ2v) is 2.37. The number of aryl methyl sites for hydroxylation is 1. The quantitative estimate of drug-likeness (QED) is 0.625. The largest absolute Gasteiger partial charge is 0.508 e. The summed E-state index contributed by atoms with van der Waals surface area (Å²) in [6, 6.07) is 5.54. The predicted octanol–water partition coefficient (Wildman–Crippen LogP) is 2.08. The zero-order valence-electron chi connectivity index (χ0n) is 6.09. The van der Waals surface area contributed by atoms with E-state index >= 15 is 0 Å². The van der Waals surface area contributed by atoms with Crippen LogP contribution in [0, 0.1) is 13.8 Å². The van der Waals surface area contributed by atoms with Crippen LogP contribution in [-0.4, -0.2) is 5.11 Å². The molecule has 0 aliphatic heterocycles. The van der Waals surface area contributed by atoms with Gasteiger partial charge in [-0.3, -0.25) is 0 Å².